The van der Waals surface area contributed by atoms with Gasteiger partial charge in [0.15, 0.2) is 0 Å². The van der Waals surface area contributed by atoms with Crippen LogP contribution in [0.25, 0.3) is 0 Å². The van der Waals surface area contributed by atoms with Crippen LogP contribution in [0.1, 0.15) is 6.42 Å². The van der Waals surface area contributed by atoms with Gasteiger partial charge in [0.05, 0.1) is 0 Å². The molecule has 6 heteroatoms. The fourth-order valence-electron chi connectivity index (χ4n) is 1.30. The molecule has 0 spiro atoms. The van der Waals surface area contributed by atoms with Crippen molar-refractivity contribution < 1.29 is 13.2 Å². The molecule has 0 aromatic carbocycles. The fourth-order valence-corrected chi connectivity index (χ4v) is 1.76. The van der Waals surface area contributed by atoms with E-state index in [1.807, 2.05) is 0 Å². The summed E-state index contributed by atoms with van der Waals surface area (Å²) in [6.45, 7) is 1.17. The van der Waals surface area contributed by atoms with Crippen molar-refractivity contribution in [1.82, 2.24) is 9.21 Å². The molecule has 1 aliphatic heterocycles. The van der Waals surface area contributed by atoms with Crippen molar-refractivity contribution in [2.24, 2.45) is 0 Å². The standard InChI is InChI=1S/C6H12N2O3S/c1-7(12(10)11)6-2-3-8(4-6)5-9/h5-6,12H,2-4H2,1H3/t6-/m0/s1. The van der Waals surface area contributed by atoms with E-state index in [4.69, 9.17) is 0 Å². The lowest BCUT2D eigenvalue weighted by atomic mass is 10.3. The van der Waals surface area contributed by atoms with Crippen molar-refractivity contribution in [3.05, 3.63) is 0 Å². The van der Waals surface area contributed by atoms with E-state index in [1.165, 1.54) is 11.4 Å². The normalized spacial score (nSPS) is 23.9. The zero-order valence-electron chi connectivity index (χ0n) is 6.84. The third-order valence-corrected chi connectivity index (χ3v) is 2.97. The van der Waals surface area contributed by atoms with Gasteiger partial charge in [-0.15, -0.1) is 0 Å². The van der Waals surface area contributed by atoms with Crippen LogP contribution in [0.15, 0.2) is 0 Å². The molecule has 0 radical (unpaired) electrons. The fraction of sp³-hybridized carbons (Fsp3) is 0.833. The maximum absolute atomic E-state index is 10.5. The highest BCUT2D eigenvalue weighted by atomic mass is 32.2. The molecule has 0 bridgehead atoms. The molecular weight excluding hydrogens is 180 g/mol. The quantitative estimate of drug-likeness (QED) is 0.445. The Bertz CT molecular complexity index is 233. The summed E-state index contributed by atoms with van der Waals surface area (Å²) in [5.74, 6) is 0. The van der Waals surface area contributed by atoms with Crippen molar-refractivity contribution in [2.75, 3.05) is 20.1 Å². The van der Waals surface area contributed by atoms with E-state index in [9.17, 15) is 13.2 Å². The molecule has 70 valence electrons. The summed E-state index contributed by atoms with van der Waals surface area (Å²) in [5, 5.41) is 0. The minimum absolute atomic E-state index is 0.0312. The first-order valence-corrected chi connectivity index (χ1v) is 4.84. The summed E-state index contributed by atoms with van der Waals surface area (Å²) in [7, 11) is -0.974. The number of thiol groups is 1. The van der Waals surface area contributed by atoms with Gasteiger partial charge in [0.25, 0.3) is 0 Å². The van der Waals surface area contributed by atoms with Crippen molar-refractivity contribution >= 4 is 17.3 Å². The third-order valence-electron chi connectivity index (χ3n) is 2.13. The first kappa shape index (κ1) is 9.47. The first-order chi connectivity index (χ1) is 5.65. The number of likely N-dealkylation sites (N-methyl/N-ethyl adjacent to an activating group) is 1. The SMILES string of the molecule is CN([C@H]1CCN(C=O)C1)[SH](=O)=O. The molecule has 1 saturated heterocycles. The number of rotatable bonds is 3. The average Bonchev–Trinajstić information content (AvgIpc) is 2.50. The molecule has 1 atom stereocenters. The molecule has 1 rings (SSSR count). The van der Waals surface area contributed by atoms with Gasteiger partial charge in [0.2, 0.25) is 17.3 Å². The Hall–Kier alpha value is -0.620. The predicted molar refractivity (Wildman–Crippen MR) is 44.1 cm³/mol. The monoisotopic (exact) mass is 192 g/mol. The Morgan fingerprint density at radius 2 is 2.25 bits per heavy atom. The van der Waals surface area contributed by atoms with Crippen molar-refractivity contribution in [1.29, 1.82) is 0 Å². The molecule has 0 saturated carbocycles. The van der Waals surface area contributed by atoms with E-state index in [2.05, 4.69) is 0 Å². The van der Waals surface area contributed by atoms with Gasteiger partial charge in [-0.1, -0.05) is 0 Å². The first-order valence-electron chi connectivity index (χ1n) is 3.71. The number of carbonyl (C=O) groups is 1. The lowest BCUT2D eigenvalue weighted by Crippen LogP contribution is -2.33. The highest BCUT2D eigenvalue weighted by Crippen LogP contribution is 2.12. The van der Waals surface area contributed by atoms with Crippen molar-refractivity contribution in [3.8, 4) is 0 Å². The lowest BCUT2D eigenvalue weighted by molar-refractivity contribution is -0.117. The van der Waals surface area contributed by atoms with Gasteiger partial charge in [-0.25, -0.2) is 12.7 Å². The summed E-state index contributed by atoms with van der Waals surface area (Å²) in [6, 6.07) is -0.0312. The smallest absolute Gasteiger partial charge is 0.209 e. The molecule has 0 aromatic rings. The van der Waals surface area contributed by atoms with Gasteiger partial charge in [-0.3, -0.25) is 4.79 Å². The van der Waals surface area contributed by atoms with Gasteiger partial charge < -0.3 is 4.90 Å². The Labute approximate surface area is 73.0 Å². The highest BCUT2D eigenvalue weighted by molar-refractivity contribution is 7.69. The van der Waals surface area contributed by atoms with Crippen molar-refractivity contribution in [3.63, 3.8) is 0 Å². The molecule has 1 aliphatic rings. The Morgan fingerprint density at radius 1 is 1.58 bits per heavy atom. The van der Waals surface area contributed by atoms with Crippen LogP contribution in [0.5, 0.6) is 0 Å². The summed E-state index contributed by atoms with van der Waals surface area (Å²) in [6.07, 6.45) is 1.49. The van der Waals surface area contributed by atoms with Crippen LogP contribution in [0.4, 0.5) is 0 Å². The molecule has 0 aliphatic carbocycles. The molecule has 0 aromatic heterocycles. The van der Waals surface area contributed by atoms with Crippen LogP contribution < -0.4 is 0 Å². The molecular formula is C6H12N2O3S. The van der Waals surface area contributed by atoms with Crippen LogP contribution >= 0.6 is 0 Å². The second-order valence-corrected chi connectivity index (χ2v) is 3.96. The zero-order valence-corrected chi connectivity index (χ0v) is 7.74. The van der Waals surface area contributed by atoms with Crippen molar-refractivity contribution in [2.45, 2.75) is 12.5 Å². The molecule has 1 fully saturated rings. The molecule has 5 nitrogen and oxygen atoms in total. The van der Waals surface area contributed by atoms with Gasteiger partial charge in [0, 0.05) is 26.2 Å². The molecule has 1 amide bonds. The average molecular weight is 192 g/mol. The largest absolute Gasteiger partial charge is 0.344 e. The number of hydrogen-bond donors (Lipinski definition) is 1. The number of carbonyl (C=O) groups excluding carboxylic acids is 1. The summed E-state index contributed by atoms with van der Waals surface area (Å²) in [4.78, 5) is 11.9. The van der Waals surface area contributed by atoms with Crippen LogP contribution in [-0.2, 0) is 15.7 Å². The topological polar surface area (TPSA) is 57.7 Å². The maximum atomic E-state index is 10.5. The number of hydrogen-bond acceptors (Lipinski definition) is 3. The summed E-state index contributed by atoms with van der Waals surface area (Å²) in [5.41, 5.74) is 0. The minimum atomic E-state index is -2.51. The number of likely N-dealkylation sites (tertiary alicyclic amines) is 1. The molecule has 0 N–H and O–H groups in total. The molecule has 1 heterocycles. The van der Waals surface area contributed by atoms with Gasteiger partial charge in [-0.2, -0.15) is 0 Å². The predicted octanol–water partition coefficient (Wildman–Crippen LogP) is -1.32. The zero-order chi connectivity index (χ0) is 9.14. The van der Waals surface area contributed by atoms with Crippen LogP contribution in [0, 0.1) is 0 Å². The van der Waals surface area contributed by atoms with Gasteiger partial charge >= 0.3 is 0 Å². The minimum Gasteiger partial charge on any atom is -0.344 e. The second-order valence-electron chi connectivity index (χ2n) is 2.85. The molecule has 0 unspecified atom stereocenters. The third kappa shape index (κ3) is 1.95. The maximum Gasteiger partial charge on any atom is 0.209 e. The van der Waals surface area contributed by atoms with Crippen LogP contribution in [0.2, 0.25) is 0 Å². The Kier molecular flexibility index (Phi) is 3.05. The van der Waals surface area contributed by atoms with E-state index in [1.54, 1.807) is 4.90 Å². The number of amides is 1. The van der Waals surface area contributed by atoms with E-state index < -0.39 is 10.9 Å². The van der Waals surface area contributed by atoms with Crippen LogP contribution in [0.3, 0.4) is 0 Å². The lowest BCUT2D eigenvalue weighted by Gasteiger charge is -2.16. The van der Waals surface area contributed by atoms with E-state index in [-0.39, 0.29) is 6.04 Å². The van der Waals surface area contributed by atoms with Gasteiger partial charge in [-0.05, 0) is 6.42 Å². The van der Waals surface area contributed by atoms with E-state index in [0.717, 1.165) is 12.8 Å². The summed E-state index contributed by atoms with van der Waals surface area (Å²) < 4.78 is 22.4. The second kappa shape index (κ2) is 3.86. The van der Waals surface area contributed by atoms with E-state index >= 15 is 0 Å². The van der Waals surface area contributed by atoms with E-state index in [0.29, 0.717) is 13.1 Å². The summed E-state index contributed by atoms with van der Waals surface area (Å²) >= 11 is 0. The highest BCUT2D eigenvalue weighted by Gasteiger charge is 2.25. The number of nitrogens with zero attached hydrogens (tertiary/aromatic N) is 2. The van der Waals surface area contributed by atoms with Gasteiger partial charge in [0.1, 0.15) is 0 Å². The Balaban J connectivity index is 2.51. The molecule has 12 heavy (non-hydrogen) atoms. The van der Waals surface area contributed by atoms with Crippen LogP contribution in [-0.4, -0.2) is 50.2 Å². The Morgan fingerprint density at radius 3 is 2.67 bits per heavy atom.